The van der Waals surface area contributed by atoms with Gasteiger partial charge in [-0.05, 0) is 23.8 Å². The van der Waals surface area contributed by atoms with Gasteiger partial charge in [0.2, 0.25) is 6.10 Å². The number of hydrogen-bond acceptors (Lipinski definition) is 5. The number of rotatable bonds is 5. The number of aromatic nitrogens is 1. The molecule has 0 saturated carbocycles. The van der Waals surface area contributed by atoms with Gasteiger partial charge in [-0.2, -0.15) is 13.2 Å². The lowest BCUT2D eigenvalue weighted by molar-refractivity contribution is -0.204. The van der Waals surface area contributed by atoms with Gasteiger partial charge in [-0.3, -0.25) is 4.79 Å². The van der Waals surface area contributed by atoms with Gasteiger partial charge in [0.1, 0.15) is 12.1 Å². The highest BCUT2D eigenvalue weighted by Gasteiger charge is 2.47. The first-order valence-electron chi connectivity index (χ1n) is 8.01. The molecule has 1 aromatic carbocycles. The predicted molar refractivity (Wildman–Crippen MR) is 92.5 cm³/mol. The summed E-state index contributed by atoms with van der Waals surface area (Å²) in [6, 6.07) is 2.56. The monoisotopic (exact) mass is 402 g/mol. The lowest BCUT2D eigenvalue weighted by Gasteiger charge is -2.27. The Labute approximate surface area is 157 Å². The van der Waals surface area contributed by atoms with Crippen molar-refractivity contribution in [3.8, 4) is 0 Å². The van der Waals surface area contributed by atoms with E-state index in [1.807, 2.05) is 0 Å². The zero-order valence-electron chi connectivity index (χ0n) is 15.2. The summed E-state index contributed by atoms with van der Waals surface area (Å²) in [5.74, 6) is -2.77. The molecule has 152 valence electrons. The van der Waals surface area contributed by atoms with E-state index in [0.717, 1.165) is 32.4 Å². The van der Waals surface area contributed by atoms with Crippen molar-refractivity contribution >= 4 is 17.6 Å². The van der Waals surface area contributed by atoms with E-state index in [9.17, 15) is 22.4 Å². The van der Waals surface area contributed by atoms with Gasteiger partial charge < -0.3 is 20.2 Å². The van der Waals surface area contributed by atoms with E-state index in [1.165, 1.54) is 13.0 Å². The third kappa shape index (κ3) is 4.99. The highest BCUT2D eigenvalue weighted by atomic mass is 19.4. The summed E-state index contributed by atoms with van der Waals surface area (Å²) in [4.78, 5) is 19.3. The fourth-order valence-corrected chi connectivity index (χ4v) is 2.43. The number of oxazole rings is 1. The minimum Gasteiger partial charge on any atom is -0.452 e. The Morgan fingerprint density at radius 2 is 2.07 bits per heavy atom. The molecule has 0 radical (unpaired) electrons. The topological polar surface area (TPSA) is 103 Å². The molecule has 7 nitrogen and oxygen atoms in total. The van der Waals surface area contributed by atoms with E-state index in [0.29, 0.717) is 0 Å². The fraction of sp³-hybridized carbons (Fsp3) is 0.353. The van der Waals surface area contributed by atoms with Crippen LogP contribution in [0.4, 0.5) is 23.2 Å². The van der Waals surface area contributed by atoms with E-state index in [4.69, 9.17) is 10.2 Å². The number of aliphatic imine (C=N–C) groups is 1. The second-order valence-corrected chi connectivity index (χ2v) is 5.87. The number of nitrogens with one attached hydrogen (secondary N) is 1. The lowest BCUT2D eigenvalue weighted by atomic mass is 9.93. The van der Waals surface area contributed by atoms with Gasteiger partial charge in [0, 0.05) is 25.6 Å². The van der Waals surface area contributed by atoms with Crippen LogP contribution < -0.4 is 11.1 Å². The molecule has 0 unspecified atom stereocenters. The van der Waals surface area contributed by atoms with Crippen molar-refractivity contribution in [1.29, 1.82) is 0 Å². The molecule has 2 rings (SSSR count). The molecule has 0 fully saturated rings. The number of amidine groups is 1. The van der Waals surface area contributed by atoms with E-state index in [-0.39, 0.29) is 22.8 Å². The lowest BCUT2D eigenvalue weighted by Crippen LogP contribution is -2.40. The van der Waals surface area contributed by atoms with Gasteiger partial charge in [0.05, 0.1) is 0 Å². The summed E-state index contributed by atoms with van der Waals surface area (Å²) >= 11 is 0. The maximum absolute atomic E-state index is 14.2. The van der Waals surface area contributed by atoms with E-state index < -0.39 is 35.9 Å². The molecule has 0 spiro atoms. The average Bonchev–Trinajstić information content (AvgIpc) is 3.06. The second kappa shape index (κ2) is 8.28. The predicted octanol–water partition coefficient (Wildman–Crippen LogP) is 3.37. The Morgan fingerprint density at radius 3 is 2.61 bits per heavy atom. The first kappa shape index (κ1) is 21.2. The molecule has 2 aromatic rings. The number of aryl methyl sites for hydroxylation is 1. The number of anilines is 1. The second-order valence-electron chi connectivity index (χ2n) is 5.87. The molecule has 2 atom stereocenters. The normalized spacial score (nSPS) is 14.5. The van der Waals surface area contributed by atoms with Gasteiger partial charge in [0.15, 0.2) is 11.6 Å². The maximum atomic E-state index is 14.2. The molecule has 0 saturated heterocycles. The smallest absolute Gasteiger partial charge is 0.426 e. The summed E-state index contributed by atoms with van der Waals surface area (Å²) in [7, 11) is 1.16. The van der Waals surface area contributed by atoms with Crippen LogP contribution in [-0.2, 0) is 4.74 Å². The standard InChI is InChI=1S/C17H18F4N4O3/c1-8(14(17(19,20)21)28-16(22)23-3)11-6-10(4-5-12(11)18)25-15(26)13-7-27-9(2)24-13/h4-8,14H,1-3H3,(H2,22,23)(H,25,26)/t8-,14+/m1/s1. The van der Waals surface area contributed by atoms with Crippen molar-refractivity contribution < 1.29 is 31.5 Å². The van der Waals surface area contributed by atoms with Crippen molar-refractivity contribution in [3.05, 3.63) is 47.4 Å². The first-order valence-corrected chi connectivity index (χ1v) is 8.01. The number of halogens is 4. The Hall–Kier alpha value is -3.11. The minimum absolute atomic E-state index is 0.0279. The van der Waals surface area contributed by atoms with Crippen LogP contribution in [0.1, 0.15) is 34.8 Å². The number of carbonyl (C=O) groups excluding carboxylic acids is 1. The molecule has 11 heteroatoms. The van der Waals surface area contributed by atoms with E-state index in [1.54, 1.807) is 0 Å². The summed E-state index contributed by atoms with van der Waals surface area (Å²) in [5.41, 5.74) is 4.98. The highest BCUT2D eigenvalue weighted by molar-refractivity contribution is 6.02. The molecule has 1 amide bonds. The number of alkyl halides is 3. The third-order valence-electron chi connectivity index (χ3n) is 3.84. The summed E-state index contributed by atoms with van der Waals surface area (Å²) in [6.45, 7) is 2.67. The number of hydrogen-bond donors (Lipinski definition) is 2. The largest absolute Gasteiger partial charge is 0.452 e. The SMILES string of the molecule is C/N=C(/N)O[C@@H]([C@H](C)c1cc(NC(=O)c2coc(C)n2)ccc1F)C(F)(F)F. The highest BCUT2D eigenvalue weighted by Crippen LogP contribution is 2.36. The molecule has 0 aliphatic heterocycles. The average molecular weight is 402 g/mol. The summed E-state index contributed by atoms with van der Waals surface area (Å²) < 4.78 is 63.9. The molecule has 0 aliphatic rings. The van der Waals surface area contributed by atoms with Crippen molar-refractivity contribution in [2.24, 2.45) is 10.7 Å². The van der Waals surface area contributed by atoms with Crippen LogP contribution >= 0.6 is 0 Å². The summed E-state index contributed by atoms with van der Waals surface area (Å²) in [6.07, 6.45) is -6.15. The Morgan fingerprint density at radius 1 is 1.39 bits per heavy atom. The zero-order chi connectivity index (χ0) is 21.1. The molecule has 0 aliphatic carbocycles. The van der Waals surface area contributed by atoms with Crippen molar-refractivity contribution in [3.63, 3.8) is 0 Å². The fourth-order valence-electron chi connectivity index (χ4n) is 2.43. The maximum Gasteiger partial charge on any atom is 0.426 e. The molecule has 1 aromatic heterocycles. The molecular weight excluding hydrogens is 384 g/mol. The van der Waals surface area contributed by atoms with Gasteiger partial charge in [0.25, 0.3) is 11.9 Å². The van der Waals surface area contributed by atoms with Crippen LogP contribution in [0.2, 0.25) is 0 Å². The van der Waals surface area contributed by atoms with Crippen LogP contribution in [0.5, 0.6) is 0 Å². The summed E-state index contributed by atoms with van der Waals surface area (Å²) in [5, 5.41) is 2.43. The molecule has 3 N–H and O–H groups in total. The molecule has 1 heterocycles. The quantitative estimate of drug-likeness (QED) is 0.454. The van der Waals surface area contributed by atoms with Crippen molar-refractivity contribution in [2.75, 3.05) is 12.4 Å². The van der Waals surface area contributed by atoms with Crippen molar-refractivity contribution in [1.82, 2.24) is 4.98 Å². The number of carbonyl (C=O) groups is 1. The zero-order valence-corrected chi connectivity index (χ0v) is 15.2. The number of nitrogens with zero attached hydrogens (tertiary/aromatic N) is 2. The van der Waals surface area contributed by atoms with E-state index in [2.05, 4.69) is 20.0 Å². The molecule has 0 bridgehead atoms. The van der Waals surface area contributed by atoms with Gasteiger partial charge in [-0.25, -0.2) is 14.4 Å². The van der Waals surface area contributed by atoms with Gasteiger partial charge in [-0.1, -0.05) is 6.92 Å². The Bertz CT molecular complexity index is 880. The number of ether oxygens (including phenoxy) is 1. The Kier molecular flexibility index (Phi) is 6.26. The van der Waals surface area contributed by atoms with Crippen LogP contribution in [0.15, 0.2) is 33.9 Å². The van der Waals surface area contributed by atoms with E-state index >= 15 is 0 Å². The first-order chi connectivity index (χ1) is 13.0. The van der Waals surface area contributed by atoms with Gasteiger partial charge in [-0.15, -0.1) is 0 Å². The van der Waals surface area contributed by atoms with Crippen LogP contribution in [0.3, 0.4) is 0 Å². The number of nitrogens with two attached hydrogens (primary N) is 1. The minimum atomic E-state index is -4.83. The number of benzene rings is 1. The molecular formula is C17H18F4N4O3. The molecule has 28 heavy (non-hydrogen) atoms. The van der Waals surface area contributed by atoms with Crippen LogP contribution in [-0.4, -0.2) is 36.2 Å². The third-order valence-corrected chi connectivity index (χ3v) is 3.84. The van der Waals surface area contributed by atoms with Crippen LogP contribution in [0, 0.1) is 12.7 Å². The Balaban J connectivity index is 2.30. The van der Waals surface area contributed by atoms with Crippen LogP contribution in [0.25, 0.3) is 0 Å². The van der Waals surface area contributed by atoms with Crippen molar-refractivity contribution in [2.45, 2.75) is 32.0 Å². The number of amides is 1. The van der Waals surface area contributed by atoms with Gasteiger partial charge >= 0.3 is 6.18 Å².